The van der Waals surface area contributed by atoms with E-state index in [-0.39, 0.29) is 31.1 Å². The molecule has 1 amide bonds. The molecular formula is C29H32F9NO7. The summed E-state index contributed by atoms with van der Waals surface area (Å²) < 4.78 is 138. The lowest BCUT2D eigenvalue weighted by Crippen LogP contribution is -2.62. The minimum Gasteiger partial charge on any atom is -0.492 e. The first-order valence-corrected chi connectivity index (χ1v) is 13.6. The van der Waals surface area contributed by atoms with Crippen LogP contribution < -0.4 is 9.47 Å². The molecule has 46 heavy (non-hydrogen) atoms. The zero-order valence-corrected chi connectivity index (χ0v) is 25.0. The van der Waals surface area contributed by atoms with Crippen LogP contribution in [0.4, 0.5) is 44.3 Å². The zero-order chi connectivity index (χ0) is 35.1. The standard InChI is InChI=1S/C29H32F9NO7/c1-5-43-23(24(40)41)16-20-6-8-21(9-7-20)44-12-10-39(25(42)46-22-15-18(3)17(2)14-19(22)4)11-13-45-29(37,38)27(32,33)26(30,31)28(34,35)36/h6-9,14-15,23H,5,10-13,16H2,1-4H3,(H,40,41). The molecule has 1 atom stereocenters. The van der Waals surface area contributed by atoms with Crippen LogP contribution in [-0.2, 0) is 20.7 Å². The van der Waals surface area contributed by atoms with E-state index in [9.17, 15) is 54.2 Å². The molecule has 0 aliphatic carbocycles. The monoisotopic (exact) mass is 677 g/mol. The Kier molecular flexibility index (Phi) is 12.7. The maximum absolute atomic E-state index is 13.9. The number of benzene rings is 2. The zero-order valence-electron chi connectivity index (χ0n) is 25.0. The van der Waals surface area contributed by atoms with E-state index < -0.39 is 62.0 Å². The van der Waals surface area contributed by atoms with Gasteiger partial charge in [-0.05, 0) is 68.1 Å². The minimum absolute atomic E-state index is 0.0412. The fourth-order valence-corrected chi connectivity index (χ4v) is 3.86. The van der Waals surface area contributed by atoms with Crippen LogP contribution in [0, 0.1) is 20.8 Å². The largest absolute Gasteiger partial charge is 0.492 e. The molecule has 17 heteroatoms. The highest BCUT2D eigenvalue weighted by atomic mass is 19.4. The molecule has 1 unspecified atom stereocenters. The summed E-state index contributed by atoms with van der Waals surface area (Å²) in [6.07, 6.45) is -15.6. The van der Waals surface area contributed by atoms with Gasteiger partial charge >= 0.3 is 36.2 Å². The average molecular weight is 678 g/mol. The number of alkyl halides is 9. The van der Waals surface area contributed by atoms with Crippen LogP contribution in [0.3, 0.4) is 0 Å². The van der Waals surface area contributed by atoms with E-state index in [1.807, 2.05) is 0 Å². The SMILES string of the molecule is CCOC(Cc1ccc(OCCN(CCOC(F)(F)C(F)(F)C(F)(F)C(F)(F)F)C(=O)Oc2cc(C)c(C)cc2C)cc1)C(=O)O. The smallest absolute Gasteiger partial charge is 0.460 e. The van der Waals surface area contributed by atoms with Crippen LogP contribution in [0.25, 0.3) is 0 Å². The highest BCUT2D eigenvalue weighted by Gasteiger charge is 2.82. The summed E-state index contributed by atoms with van der Waals surface area (Å²) in [6, 6.07) is 9.14. The second-order valence-corrected chi connectivity index (χ2v) is 10.0. The Bertz CT molecular complexity index is 1340. The number of amides is 1. The number of hydrogen-bond acceptors (Lipinski definition) is 6. The fourth-order valence-electron chi connectivity index (χ4n) is 3.86. The van der Waals surface area contributed by atoms with Gasteiger partial charge in [-0.15, -0.1) is 0 Å². The molecule has 0 heterocycles. The Labute approximate surface area is 258 Å². The third kappa shape index (κ3) is 9.40. The molecule has 8 nitrogen and oxygen atoms in total. The molecular weight excluding hydrogens is 645 g/mol. The van der Waals surface area contributed by atoms with Crippen molar-refractivity contribution in [3.05, 3.63) is 58.7 Å². The quantitative estimate of drug-likeness (QED) is 0.192. The van der Waals surface area contributed by atoms with Crippen LogP contribution in [0.15, 0.2) is 36.4 Å². The predicted molar refractivity (Wildman–Crippen MR) is 144 cm³/mol. The number of hydrogen-bond donors (Lipinski definition) is 1. The van der Waals surface area contributed by atoms with Crippen molar-refractivity contribution in [3.8, 4) is 11.5 Å². The maximum Gasteiger partial charge on any atom is 0.460 e. The molecule has 0 bridgehead atoms. The number of carboxylic acids is 1. The van der Waals surface area contributed by atoms with E-state index in [1.54, 1.807) is 33.8 Å². The number of carbonyl (C=O) groups excluding carboxylic acids is 1. The lowest BCUT2D eigenvalue weighted by Gasteiger charge is -2.33. The first-order chi connectivity index (χ1) is 21.1. The van der Waals surface area contributed by atoms with E-state index in [0.717, 1.165) is 5.56 Å². The first-order valence-electron chi connectivity index (χ1n) is 13.6. The molecule has 0 aliphatic rings. The number of rotatable bonds is 16. The summed E-state index contributed by atoms with van der Waals surface area (Å²) in [4.78, 5) is 24.9. The predicted octanol–water partition coefficient (Wildman–Crippen LogP) is 6.97. The van der Waals surface area contributed by atoms with Crippen molar-refractivity contribution >= 4 is 12.1 Å². The number of halogens is 9. The lowest BCUT2D eigenvalue weighted by molar-refractivity contribution is -0.443. The van der Waals surface area contributed by atoms with Gasteiger partial charge in [0, 0.05) is 19.6 Å². The molecule has 0 fully saturated rings. The highest BCUT2D eigenvalue weighted by Crippen LogP contribution is 2.53. The van der Waals surface area contributed by atoms with Gasteiger partial charge in [-0.1, -0.05) is 18.2 Å². The normalized spacial score (nSPS) is 13.3. The molecule has 0 radical (unpaired) electrons. The second-order valence-electron chi connectivity index (χ2n) is 10.0. The summed E-state index contributed by atoms with van der Waals surface area (Å²) in [5, 5.41) is 9.22. The summed E-state index contributed by atoms with van der Waals surface area (Å²) >= 11 is 0. The van der Waals surface area contributed by atoms with Crippen LogP contribution in [-0.4, -0.2) is 85.2 Å². The van der Waals surface area contributed by atoms with Crippen molar-refractivity contribution in [2.75, 3.05) is 32.9 Å². The van der Waals surface area contributed by atoms with E-state index in [4.69, 9.17) is 14.2 Å². The number of carboxylic acid groups (broad SMARTS) is 1. The van der Waals surface area contributed by atoms with Gasteiger partial charge in [0.05, 0.1) is 13.2 Å². The first kappa shape index (κ1) is 38.5. The van der Waals surface area contributed by atoms with Gasteiger partial charge in [0.15, 0.2) is 6.10 Å². The van der Waals surface area contributed by atoms with Gasteiger partial charge in [0.25, 0.3) is 0 Å². The van der Waals surface area contributed by atoms with Crippen molar-refractivity contribution in [1.82, 2.24) is 4.90 Å². The molecule has 0 aromatic heterocycles. The van der Waals surface area contributed by atoms with Gasteiger partial charge in [0.2, 0.25) is 0 Å². The number of nitrogens with zero attached hydrogens (tertiary/aromatic N) is 1. The van der Waals surface area contributed by atoms with Gasteiger partial charge < -0.3 is 29.0 Å². The number of aliphatic carboxylic acids is 1. The van der Waals surface area contributed by atoms with Crippen LogP contribution in [0.1, 0.15) is 29.2 Å². The van der Waals surface area contributed by atoms with E-state index >= 15 is 0 Å². The second kappa shape index (κ2) is 15.2. The van der Waals surface area contributed by atoms with Crippen molar-refractivity contribution in [2.45, 2.75) is 64.3 Å². The molecule has 0 saturated carbocycles. The van der Waals surface area contributed by atoms with E-state index in [0.29, 0.717) is 21.6 Å². The Morgan fingerprint density at radius 2 is 1.39 bits per heavy atom. The summed E-state index contributed by atoms with van der Waals surface area (Å²) in [5.41, 5.74) is 2.61. The van der Waals surface area contributed by atoms with E-state index in [2.05, 4.69) is 4.74 Å². The minimum atomic E-state index is -7.14. The third-order valence-electron chi connectivity index (χ3n) is 6.62. The Morgan fingerprint density at radius 3 is 1.93 bits per heavy atom. The Balaban J connectivity index is 2.16. The molecule has 0 aliphatic heterocycles. The van der Waals surface area contributed by atoms with Crippen molar-refractivity contribution in [2.24, 2.45) is 0 Å². The Morgan fingerprint density at radius 1 is 0.826 bits per heavy atom. The molecule has 258 valence electrons. The van der Waals surface area contributed by atoms with Crippen LogP contribution in [0.5, 0.6) is 11.5 Å². The highest BCUT2D eigenvalue weighted by molar-refractivity contribution is 5.73. The summed E-state index contributed by atoms with van der Waals surface area (Å²) in [6.45, 7) is 3.43. The molecule has 1 N–H and O–H groups in total. The number of ether oxygens (including phenoxy) is 4. The van der Waals surface area contributed by atoms with Gasteiger partial charge in [-0.25, -0.2) is 9.59 Å². The number of carbonyl (C=O) groups is 2. The topological polar surface area (TPSA) is 94.5 Å². The van der Waals surface area contributed by atoms with Gasteiger partial charge in [-0.3, -0.25) is 0 Å². The molecule has 0 spiro atoms. The summed E-state index contributed by atoms with van der Waals surface area (Å²) in [5.74, 6) is -15.0. The molecule has 0 saturated heterocycles. The summed E-state index contributed by atoms with van der Waals surface area (Å²) in [7, 11) is 0. The maximum atomic E-state index is 13.9. The third-order valence-corrected chi connectivity index (χ3v) is 6.62. The molecule has 2 aromatic carbocycles. The van der Waals surface area contributed by atoms with Crippen molar-refractivity contribution in [1.29, 1.82) is 0 Å². The number of aryl methyl sites for hydroxylation is 3. The average Bonchev–Trinajstić information content (AvgIpc) is 2.94. The molecule has 2 aromatic rings. The fraction of sp³-hybridized carbons (Fsp3) is 0.517. The Hall–Kier alpha value is -3.73. The van der Waals surface area contributed by atoms with Gasteiger partial charge in [0.1, 0.15) is 18.1 Å². The molecule has 2 rings (SSSR count). The lowest BCUT2D eigenvalue weighted by atomic mass is 10.1. The van der Waals surface area contributed by atoms with Crippen LogP contribution in [0.2, 0.25) is 0 Å². The van der Waals surface area contributed by atoms with Crippen molar-refractivity contribution < 1.29 is 73.2 Å². The van der Waals surface area contributed by atoms with Crippen molar-refractivity contribution in [3.63, 3.8) is 0 Å². The van der Waals surface area contributed by atoms with E-state index in [1.165, 1.54) is 30.3 Å². The van der Waals surface area contributed by atoms with Gasteiger partial charge in [-0.2, -0.15) is 39.5 Å². The van der Waals surface area contributed by atoms with Crippen LogP contribution >= 0.6 is 0 Å².